The lowest BCUT2D eigenvalue weighted by Gasteiger charge is -2.14. The summed E-state index contributed by atoms with van der Waals surface area (Å²) in [5.41, 5.74) is 1.20. The first-order valence-electron chi connectivity index (χ1n) is 9.02. The molecule has 0 saturated heterocycles. The molecule has 0 aromatic heterocycles. The van der Waals surface area contributed by atoms with Gasteiger partial charge in [-0.1, -0.05) is 23.9 Å². The fourth-order valence-electron chi connectivity index (χ4n) is 2.78. The molecule has 0 unspecified atom stereocenters. The van der Waals surface area contributed by atoms with Crippen molar-refractivity contribution in [1.82, 2.24) is 0 Å². The predicted molar refractivity (Wildman–Crippen MR) is 111 cm³/mol. The van der Waals surface area contributed by atoms with E-state index in [-0.39, 0.29) is 11.7 Å². The first-order chi connectivity index (χ1) is 13.9. The minimum absolute atomic E-state index is 0.0258. The number of hydrogen-bond donors (Lipinski definition) is 0. The Kier molecular flexibility index (Phi) is 6.25. The van der Waals surface area contributed by atoms with Crippen LogP contribution in [-0.4, -0.2) is 31.5 Å². The van der Waals surface area contributed by atoms with Gasteiger partial charge >= 0.3 is 5.97 Å². The highest BCUT2D eigenvalue weighted by molar-refractivity contribution is 8.03. The van der Waals surface area contributed by atoms with Crippen molar-refractivity contribution >= 4 is 29.2 Å². The van der Waals surface area contributed by atoms with Crippen LogP contribution in [0, 0.1) is 11.3 Å². The van der Waals surface area contributed by atoms with E-state index >= 15 is 0 Å². The number of anilines is 1. The molecule has 0 saturated carbocycles. The Hall–Kier alpha value is -3.24. The Morgan fingerprint density at radius 1 is 1.14 bits per heavy atom. The highest BCUT2D eigenvalue weighted by Crippen LogP contribution is 2.46. The first kappa shape index (κ1) is 20.5. The Labute approximate surface area is 173 Å². The lowest BCUT2D eigenvalue weighted by molar-refractivity contribution is -0.118. The van der Waals surface area contributed by atoms with Gasteiger partial charge in [-0.05, 0) is 50.2 Å². The Morgan fingerprint density at radius 3 is 2.45 bits per heavy atom. The third-order valence-electron chi connectivity index (χ3n) is 4.14. The average molecular weight is 408 g/mol. The van der Waals surface area contributed by atoms with Crippen LogP contribution in [0.25, 0.3) is 0 Å². The van der Waals surface area contributed by atoms with E-state index in [9.17, 15) is 14.9 Å². The van der Waals surface area contributed by atoms with Gasteiger partial charge in [0.25, 0.3) is 0 Å². The molecule has 0 bridgehead atoms. The number of rotatable bonds is 6. The molecule has 0 atom stereocenters. The molecule has 6 nitrogen and oxygen atoms in total. The molecule has 0 spiro atoms. The van der Waals surface area contributed by atoms with Crippen LogP contribution in [0.15, 0.2) is 64.0 Å². The molecule has 2 aromatic carbocycles. The molecule has 3 rings (SSSR count). The number of carbonyl (C=O) groups is 2. The van der Waals surface area contributed by atoms with Crippen molar-refractivity contribution in [3.8, 4) is 11.8 Å². The number of nitrogens with zero attached hydrogens (tertiary/aromatic N) is 2. The first-order valence-corrected chi connectivity index (χ1v) is 9.84. The van der Waals surface area contributed by atoms with Crippen LogP contribution in [-0.2, 0) is 9.53 Å². The van der Waals surface area contributed by atoms with E-state index in [1.807, 2.05) is 44.2 Å². The number of Topliss-reactive ketones (excluding diaryl/α,β-unsaturated/α-hetero) is 1. The van der Waals surface area contributed by atoms with Crippen molar-refractivity contribution in [2.45, 2.75) is 24.8 Å². The highest BCUT2D eigenvalue weighted by atomic mass is 32.2. The minimum atomic E-state index is -0.632. The normalized spacial score (nSPS) is 14.2. The van der Waals surface area contributed by atoms with Gasteiger partial charge in [0.1, 0.15) is 22.4 Å². The summed E-state index contributed by atoms with van der Waals surface area (Å²) in [7, 11) is 1.80. The fourth-order valence-corrected chi connectivity index (χ4v) is 3.94. The van der Waals surface area contributed by atoms with E-state index in [0.717, 1.165) is 10.6 Å². The average Bonchev–Trinajstić information content (AvgIpc) is 3.03. The molecule has 1 heterocycles. The number of para-hydroxylation sites is 1. The van der Waals surface area contributed by atoms with E-state index in [4.69, 9.17) is 9.47 Å². The molecule has 0 amide bonds. The van der Waals surface area contributed by atoms with Crippen LogP contribution in [0.1, 0.15) is 24.2 Å². The lowest BCUT2D eigenvalue weighted by Crippen LogP contribution is -2.20. The maximum absolute atomic E-state index is 12.6. The fraction of sp³-hybridized carbons (Fsp3) is 0.227. The van der Waals surface area contributed by atoms with Crippen molar-refractivity contribution in [2.75, 3.05) is 18.6 Å². The summed E-state index contributed by atoms with van der Waals surface area (Å²) in [5.74, 6) is -0.528. The summed E-state index contributed by atoms with van der Waals surface area (Å²) in [6.45, 7) is 3.32. The summed E-state index contributed by atoms with van der Waals surface area (Å²) in [6, 6.07) is 16.1. The number of carbonyl (C=O) groups excluding carboxylic acids is 2. The molecule has 0 N–H and O–H groups in total. The van der Waals surface area contributed by atoms with Crippen LogP contribution < -0.4 is 9.64 Å². The van der Waals surface area contributed by atoms with Crippen LogP contribution in [0.4, 0.5) is 5.69 Å². The third-order valence-corrected chi connectivity index (χ3v) is 5.38. The highest BCUT2D eigenvalue weighted by Gasteiger charge is 2.28. The zero-order valence-electron chi connectivity index (χ0n) is 16.3. The number of benzene rings is 2. The quantitative estimate of drug-likeness (QED) is 0.403. The summed E-state index contributed by atoms with van der Waals surface area (Å²) in [5, 5.41) is 10.0. The van der Waals surface area contributed by atoms with Crippen LogP contribution in [0.3, 0.4) is 0 Å². The smallest absolute Gasteiger partial charge is 0.338 e. The standard InChI is InChI=1S/C22H20N2O4S/c1-14(2)28-16-10-8-15(9-11-16)22(26)27-13-19(25)17(12-23)21-24(3)18-6-4-5-7-20(18)29-21/h4-11,14H,13H2,1-3H3/b21-17-. The second-order valence-electron chi connectivity index (χ2n) is 6.61. The number of nitriles is 1. The molecule has 0 radical (unpaired) electrons. The van der Waals surface area contributed by atoms with Gasteiger partial charge in [-0.3, -0.25) is 4.79 Å². The van der Waals surface area contributed by atoms with Gasteiger partial charge in [0.05, 0.1) is 17.4 Å². The number of esters is 1. The molecule has 29 heavy (non-hydrogen) atoms. The summed E-state index contributed by atoms with van der Waals surface area (Å²) < 4.78 is 10.7. The van der Waals surface area contributed by atoms with Crippen LogP contribution in [0.5, 0.6) is 5.75 Å². The van der Waals surface area contributed by atoms with Gasteiger partial charge < -0.3 is 14.4 Å². The van der Waals surface area contributed by atoms with Gasteiger partial charge in [-0.2, -0.15) is 5.26 Å². The van der Waals surface area contributed by atoms with E-state index in [1.165, 1.54) is 11.8 Å². The number of thioether (sulfide) groups is 1. The Morgan fingerprint density at radius 2 is 1.83 bits per heavy atom. The third kappa shape index (κ3) is 4.61. The molecular formula is C22H20N2O4S. The van der Waals surface area contributed by atoms with Gasteiger partial charge in [0, 0.05) is 11.9 Å². The van der Waals surface area contributed by atoms with Gasteiger partial charge in [0.2, 0.25) is 5.78 Å². The zero-order valence-corrected chi connectivity index (χ0v) is 17.2. The number of fused-ring (bicyclic) bond motifs is 1. The summed E-state index contributed by atoms with van der Waals surface area (Å²) in [6.07, 6.45) is 0.0283. The number of ether oxygens (including phenoxy) is 2. The molecule has 148 valence electrons. The SMILES string of the molecule is CC(C)Oc1ccc(C(=O)OCC(=O)/C(C#N)=C2\Sc3ccccc3N2C)cc1. The van der Waals surface area contributed by atoms with Gasteiger partial charge in [-0.15, -0.1) is 0 Å². The Bertz CT molecular complexity index is 1010. The molecule has 2 aromatic rings. The maximum Gasteiger partial charge on any atom is 0.338 e. The van der Waals surface area contributed by atoms with E-state index in [2.05, 4.69) is 0 Å². The van der Waals surface area contributed by atoms with E-state index in [0.29, 0.717) is 16.3 Å². The van der Waals surface area contributed by atoms with Crippen molar-refractivity contribution < 1.29 is 19.1 Å². The molecule has 0 aliphatic carbocycles. The largest absolute Gasteiger partial charge is 0.491 e. The van der Waals surface area contributed by atoms with Crippen molar-refractivity contribution in [2.24, 2.45) is 0 Å². The van der Waals surface area contributed by atoms with Gasteiger partial charge in [-0.25, -0.2) is 4.79 Å². The minimum Gasteiger partial charge on any atom is -0.491 e. The zero-order chi connectivity index (χ0) is 21.0. The monoisotopic (exact) mass is 408 g/mol. The summed E-state index contributed by atoms with van der Waals surface area (Å²) in [4.78, 5) is 27.5. The van der Waals surface area contributed by atoms with Crippen molar-refractivity contribution in [3.05, 3.63) is 64.7 Å². The van der Waals surface area contributed by atoms with E-state index < -0.39 is 18.4 Å². The summed E-state index contributed by atoms with van der Waals surface area (Å²) >= 11 is 1.35. The van der Waals surface area contributed by atoms with Crippen molar-refractivity contribution in [3.63, 3.8) is 0 Å². The molecule has 7 heteroatoms. The second kappa shape index (κ2) is 8.84. The number of ketones is 1. The molecular weight excluding hydrogens is 388 g/mol. The van der Waals surface area contributed by atoms with E-state index in [1.54, 1.807) is 36.2 Å². The predicted octanol–water partition coefficient (Wildman–Crippen LogP) is 4.18. The topological polar surface area (TPSA) is 79.6 Å². The molecule has 1 aliphatic rings. The molecule has 1 aliphatic heterocycles. The lowest BCUT2D eigenvalue weighted by atomic mass is 10.2. The second-order valence-corrected chi connectivity index (χ2v) is 7.64. The maximum atomic E-state index is 12.6. The van der Waals surface area contributed by atoms with Gasteiger partial charge in [0.15, 0.2) is 6.61 Å². The molecule has 0 fully saturated rings. The van der Waals surface area contributed by atoms with Crippen LogP contribution in [0.2, 0.25) is 0 Å². The Balaban J connectivity index is 1.67. The van der Waals surface area contributed by atoms with Crippen molar-refractivity contribution in [1.29, 1.82) is 5.26 Å². The van der Waals surface area contributed by atoms with Crippen LogP contribution >= 0.6 is 11.8 Å². The number of hydrogen-bond acceptors (Lipinski definition) is 7.